The first-order valence-corrected chi connectivity index (χ1v) is 14.3. The summed E-state index contributed by atoms with van der Waals surface area (Å²) in [5, 5.41) is 11.1. The monoisotopic (exact) mass is 670 g/mol. The number of ketones is 2. The van der Waals surface area contributed by atoms with Crippen molar-refractivity contribution in [1.29, 1.82) is 0 Å². The van der Waals surface area contributed by atoms with Gasteiger partial charge in [0, 0.05) is 12.8 Å². The molecule has 1 heterocycles. The molecular weight excluding hydrogens is 642 g/mol. The lowest BCUT2D eigenvalue weighted by Crippen LogP contribution is -2.49. The average Bonchev–Trinajstić information content (AvgIpc) is 3.40. The number of aliphatic hydroxyl groups is 1. The highest BCUT2D eigenvalue weighted by molar-refractivity contribution is 5.90. The number of aromatic nitrogens is 2. The Morgan fingerprint density at radius 1 is 0.833 bits per heavy atom. The first-order chi connectivity index (χ1) is 22.3. The number of imidazole rings is 1. The van der Waals surface area contributed by atoms with E-state index in [2.05, 4.69) is 14.7 Å². The second kappa shape index (κ2) is 13.2. The first kappa shape index (κ1) is 35.8. The van der Waals surface area contributed by atoms with Crippen LogP contribution in [0.15, 0.2) is 60.9 Å². The zero-order valence-electron chi connectivity index (χ0n) is 25.8. The van der Waals surface area contributed by atoms with Gasteiger partial charge in [0.2, 0.25) is 0 Å². The van der Waals surface area contributed by atoms with Gasteiger partial charge in [0.25, 0.3) is 0 Å². The van der Waals surface area contributed by atoms with E-state index < -0.39 is 77.1 Å². The van der Waals surface area contributed by atoms with Gasteiger partial charge in [0.1, 0.15) is 11.2 Å². The zero-order valence-corrected chi connectivity index (χ0v) is 25.8. The van der Waals surface area contributed by atoms with E-state index >= 15 is 0 Å². The van der Waals surface area contributed by atoms with Gasteiger partial charge in [0.15, 0.2) is 22.9 Å². The highest BCUT2D eigenvalue weighted by Gasteiger charge is 2.41. The minimum atomic E-state index is -4.86. The molecule has 0 amide bonds. The molecule has 0 unspecified atom stereocenters. The van der Waals surface area contributed by atoms with E-state index in [0.717, 1.165) is 30.7 Å². The molecule has 1 N–H and O–H groups in total. The molecule has 4 aromatic rings. The van der Waals surface area contributed by atoms with Crippen molar-refractivity contribution >= 4 is 34.0 Å². The van der Waals surface area contributed by atoms with Gasteiger partial charge in [-0.05, 0) is 49.6 Å². The van der Waals surface area contributed by atoms with Crippen molar-refractivity contribution in [1.82, 2.24) is 9.55 Å². The summed E-state index contributed by atoms with van der Waals surface area (Å²) in [5.74, 6) is -1.68. The molecule has 0 radical (unpaired) electrons. The molecule has 0 bridgehead atoms. The van der Waals surface area contributed by atoms with Crippen molar-refractivity contribution in [2.24, 2.45) is 0 Å². The number of ether oxygens (including phenoxy) is 1. The Bertz CT molecular complexity index is 1970. The molecule has 1 aromatic heterocycles. The van der Waals surface area contributed by atoms with E-state index in [9.17, 15) is 41.0 Å². The molecule has 3 aromatic carbocycles. The number of rotatable bonds is 11. The van der Waals surface area contributed by atoms with Crippen LogP contribution >= 0.6 is 0 Å². The lowest BCUT2D eigenvalue weighted by atomic mass is 9.91. The summed E-state index contributed by atoms with van der Waals surface area (Å²) in [7, 11) is 0. The third-order valence-electron chi connectivity index (χ3n) is 7.81. The van der Waals surface area contributed by atoms with Crippen molar-refractivity contribution in [3.05, 3.63) is 112 Å². The van der Waals surface area contributed by atoms with Crippen molar-refractivity contribution < 1.29 is 45.8 Å². The van der Waals surface area contributed by atoms with Gasteiger partial charge in [-0.25, -0.2) is 14.7 Å². The zero-order chi connectivity index (χ0) is 35.7. The maximum absolute atomic E-state index is 13.8. The van der Waals surface area contributed by atoms with E-state index in [1.807, 2.05) is 6.92 Å². The van der Waals surface area contributed by atoms with E-state index in [4.69, 9.17) is 17.9 Å². The topological polar surface area (TPSA) is 90.1 Å². The number of alkyl halides is 6. The molecule has 2 atom stereocenters. The summed E-state index contributed by atoms with van der Waals surface area (Å²) < 4.78 is 88.8. The summed E-state index contributed by atoms with van der Waals surface area (Å²) in [6, 6.07) is 10.9. The quantitative estimate of drug-likeness (QED) is 0.131. The fourth-order valence-corrected chi connectivity index (χ4v) is 5.00. The third-order valence-corrected chi connectivity index (χ3v) is 7.81. The van der Waals surface area contributed by atoms with Crippen LogP contribution in [-0.4, -0.2) is 44.0 Å². The maximum Gasteiger partial charge on any atom is 0.407 e. The van der Waals surface area contributed by atoms with E-state index in [-0.39, 0.29) is 17.7 Å². The molecule has 0 aliphatic heterocycles. The van der Waals surface area contributed by atoms with E-state index in [1.54, 1.807) is 22.8 Å². The molecule has 0 fully saturated rings. The predicted molar refractivity (Wildman–Crippen MR) is 162 cm³/mol. The minimum absolute atomic E-state index is 0.0631. The van der Waals surface area contributed by atoms with Gasteiger partial charge in [0.05, 0.1) is 54.8 Å². The highest BCUT2D eigenvalue weighted by atomic mass is 19.4. The molecule has 0 spiro atoms. The van der Waals surface area contributed by atoms with Crippen molar-refractivity contribution in [2.45, 2.75) is 63.7 Å². The smallest absolute Gasteiger partial charge is 0.380 e. The van der Waals surface area contributed by atoms with Crippen LogP contribution < -0.4 is 0 Å². The number of carbonyl (C=O) groups excluding carboxylic acids is 2. The number of fused-ring (bicyclic) bond motifs is 1. The second-order valence-electron chi connectivity index (χ2n) is 11.8. The molecule has 14 heteroatoms. The van der Waals surface area contributed by atoms with Crippen LogP contribution in [0.2, 0.25) is 0 Å². The molecule has 48 heavy (non-hydrogen) atoms. The second-order valence-corrected chi connectivity index (χ2v) is 11.8. The molecule has 0 saturated heterocycles. The van der Waals surface area contributed by atoms with Crippen molar-refractivity contribution in [3.63, 3.8) is 0 Å². The molecule has 0 saturated carbocycles. The van der Waals surface area contributed by atoms with Crippen molar-refractivity contribution in [3.8, 4) is 0 Å². The maximum atomic E-state index is 13.8. The Labute approximate surface area is 271 Å². The van der Waals surface area contributed by atoms with Crippen LogP contribution in [0.1, 0.15) is 41.7 Å². The molecule has 0 aliphatic rings. The SMILES string of the molecule is [C-]#[N+]c1ccc(CC(=O)[C@@](C)(O)CO[C@@](C)(Cn2cnc3cc(C)ccc32)C(=O)Cc2ccc([N+]#[C-])c(C(F)(F)F)c2)cc1C(F)(F)F. The number of benzene rings is 3. The van der Waals surface area contributed by atoms with Crippen LogP contribution in [0.4, 0.5) is 37.7 Å². The number of hydrogen-bond acceptors (Lipinski definition) is 5. The van der Waals surface area contributed by atoms with Gasteiger partial charge in [-0.15, -0.1) is 0 Å². The number of hydrogen-bond donors (Lipinski definition) is 1. The lowest BCUT2D eigenvalue weighted by Gasteiger charge is -2.33. The molecular formula is C34H28F6N4O4. The molecule has 0 aliphatic carbocycles. The summed E-state index contributed by atoms with van der Waals surface area (Å²) in [6.45, 7) is 17.2. The van der Waals surface area contributed by atoms with Gasteiger partial charge < -0.3 is 14.4 Å². The van der Waals surface area contributed by atoms with Gasteiger partial charge in [-0.2, -0.15) is 26.3 Å². The Morgan fingerprint density at radius 2 is 1.35 bits per heavy atom. The van der Waals surface area contributed by atoms with Crippen LogP contribution in [0.5, 0.6) is 0 Å². The lowest BCUT2D eigenvalue weighted by molar-refractivity contribution is -0.162. The number of carbonyl (C=O) groups is 2. The summed E-state index contributed by atoms with van der Waals surface area (Å²) >= 11 is 0. The van der Waals surface area contributed by atoms with E-state index in [0.29, 0.717) is 23.2 Å². The van der Waals surface area contributed by atoms with Gasteiger partial charge in [-0.1, -0.05) is 42.5 Å². The number of halogens is 6. The minimum Gasteiger partial charge on any atom is -0.380 e. The largest absolute Gasteiger partial charge is 0.407 e. The van der Waals surface area contributed by atoms with Crippen molar-refractivity contribution in [2.75, 3.05) is 6.61 Å². The van der Waals surface area contributed by atoms with Crippen LogP contribution in [-0.2, 0) is 46.1 Å². The Balaban J connectivity index is 1.63. The number of Topliss-reactive ketones (excluding diaryl/α,β-unsaturated/α-hetero) is 2. The standard InChI is InChI=1S/C34H28F6N4O4/c1-20-6-11-28-27(12-20)43-19-44(28)17-32(3,30(46)16-22-8-10-26(42-5)24(14-22)34(38,39)40)48-18-31(2,47)29(45)15-21-7-9-25(41-4)23(13-21)33(35,36)37/h6-14,19,47H,15-18H2,1-3H3/t31-,32-/m0/s1. The number of aryl methyl sites for hydroxylation is 1. The van der Waals surface area contributed by atoms with Gasteiger partial charge in [-0.3, -0.25) is 9.59 Å². The fraction of sp³-hybridized carbons (Fsp3) is 0.324. The normalized spacial score (nSPS) is 14.5. The highest BCUT2D eigenvalue weighted by Crippen LogP contribution is 2.38. The first-order valence-electron chi connectivity index (χ1n) is 14.3. The van der Waals surface area contributed by atoms with E-state index in [1.165, 1.54) is 19.3 Å². The molecule has 8 nitrogen and oxygen atoms in total. The third kappa shape index (κ3) is 7.90. The van der Waals surface area contributed by atoms with Gasteiger partial charge >= 0.3 is 12.4 Å². The average molecular weight is 671 g/mol. The molecule has 4 rings (SSSR count). The Morgan fingerprint density at radius 3 is 1.85 bits per heavy atom. The van der Waals surface area contributed by atoms with Crippen LogP contribution in [0.3, 0.4) is 0 Å². The predicted octanol–water partition coefficient (Wildman–Crippen LogP) is 7.63. The summed E-state index contributed by atoms with van der Waals surface area (Å²) in [5.41, 5.74) is -6.05. The summed E-state index contributed by atoms with van der Waals surface area (Å²) in [6.07, 6.45) is -9.53. The fourth-order valence-electron chi connectivity index (χ4n) is 5.00. The summed E-state index contributed by atoms with van der Waals surface area (Å²) in [4.78, 5) is 37.1. The van der Waals surface area contributed by atoms with Crippen LogP contribution in [0, 0.1) is 20.1 Å². The Kier molecular flexibility index (Phi) is 9.86. The Hall–Kier alpha value is -5.05. The molecule has 250 valence electrons. The van der Waals surface area contributed by atoms with Crippen LogP contribution in [0.25, 0.3) is 20.7 Å². The number of nitrogens with zero attached hydrogens (tertiary/aromatic N) is 4.